The van der Waals surface area contributed by atoms with Gasteiger partial charge in [0.25, 0.3) is 5.91 Å². The Bertz CT molecular complexity index is 1420. The number of methoxy groups -OCH3 is 1. The van der Waals surface area contributed by atoms with E-state index in [0.717, 1.165) is 43.4 Å². The molecule has 0 saturated heterocycles. The molecule has 35 heavy (non-hydrogen) atoms. The molecule has 0 unspecified atom stereocenters. The van der Waals surface area contributed by atoms with Gasteiger partial charge in [0, 0.05) is 18.7 Å². The summed E-state index contributed by atoms with van der Waals surface area (Å²) in [6, 6.07) is 10.0. The summed E-state index contributed by atoms with van der Waals surface area (Å²) in [5, 5.41) is 0. The quantitative estimate of drug-likeness (QED) is 0.463. The summed E-state index contributed by atoms with van der Waals surface area (Å²) >= 11 is 1.07. The van der Waals surface area contributed by atoms with Crippen molar-refractivity contribution in [3.8, 4) is 0 Å². The Morgan fingerprint density at radius 1 is 1.14 bits per heavy atom. The van der Waals surface area contributed by atoms with Crippen molar-refractivity contribution < 1.29 is 27.1 Å². The Balaban J connectivity index is 1.64. The van der Waals surface area contributed by atoms with Crippen molar-refractivity contribution in [2.24, 2.45) is 4.99 Å². The van der Waals surface area contributed by atoms with Gasteiger partial charge in [0.05, 0.1) is 22.2 Å². The minimum atomic E-state index is -3.69. The maximum atomic E-state index is 14.5. The molecule has 2 aromatic carbocycles. The molecule has 186 valence electrons. The second kappa shape index (κ2) is 10.4. The molecule has 0 atom stereocenters. The van der Waals surface area contributed by atoms with E-state index in [4.69, 9.17) is 4.74 Å². The molecule has 1 fully saturated rings. The number of rotatable bonds is 6. The maximum absolute atomic E-state index is 14.5. The molecule has 1 aliphatic carbocycles. The first-order chi connectivity index (χ1) is 16.7. The van der Waals surface area contributed by atoms with Gasteiger partial charge in [0.2, 0.25) is 10.0 Å². The lowest BCUT2D eigenvalue weighted by molar-refractivity contribution is -0.141. The fraction of sp³-hybridized carbons (Fsp3) is 0.375. The van der Waals surface area contributed by atoms with Gasteiger partial charge in [-0.3, -0.25) is 9.59 Å². The van der Waals surface area contributed by atoms with Crippen LogP contribution in [-0.4, -0.2) is 49.4 Å². The molecule has 0 bridgehead atoms. The fourth-order valence-electron chi connectivity index (χ4n) is 4.24. The van der Waals surface area contributed by atoms with E-state index >= 15 is 0 Å². The zero-order chi connectivity index (χ0) is 25.2. The number of carbonyl (C=O) groups excluding carboxylic acids is 2. The number of carbonyl (C=O) groups is 2. The highest BCUT2D eigenvalue weighted by molar-refractivity contribution is 7.89. The average molecular weight is 520 g/mol. The van der Waals surface area contributed by atoms with Crippen LogP contribution < -0.4 is 4.80 Å². The number of sulfonamides is 1. The van der Waals surface area contributed by atoms with E-state index in [1.54, 1.807) is 13.1 Å². The second-order valence-corrected chi connectivity index (χ2v) is 11.4. The zero-order valence-corrected chi connectivity index (χ0v) is 21.1. The van der Waals surface area contributed by atoms with E-state index < -0.39 is 27.7 Å². The molecule has 0 radical (unpaired) electrons. The van der Waals surface area contributed by atoms with Gasteiger partial charge < -0.3 is 9.30 Å². The van der Waals surface area contributed by atoms with Crippen molar-refractivity contribution in [2.75, 3.05) is 14.2 Å². The largest absolute Gasteiger partial charge is 0.468 e. The molecule has 1 aromatic heterocycles. The maximum Gasteiger partial charge on any atom is 0.325 e. The highest BCUT2D eigenvalue weighted by Gasteiger charge is 2.29. The molecule has 4 rings (SSSR count). The molecule has 0 spiro atoms. The van der Waals surface area contributed by atoms with Crippen LogP contribution in [0.3, 0.4) is 0 Å². The second-order valence-electron chi connectivity index (χ2n) is 8.39. The molecule has 0 aliphatic heterocycles. The standard InChI is InChI=1S/C24H26FN3O5S2/c1-27(17-7-4-3-5-8-17)35(31,32)18-13-11-16(12-14-18)23(30)26-24-28(15-21(29)33-2)22-19(25)9-6-10-20(22)34-24/h6,9-14,17H,3-5,7-8,15H2,1-2H3. The molecule has 1 amide bonds. The van der Waals surface area contributed by atoms with Crippen LogP contribution in [-0.2, 0) is 26.1 Å². The fourth-order valence-corrected chi connectivity index (χ4v) is 6.70. The van der Waals surface area contributed by atoms with Crippen molar-refractivity contribution in [2.45, 2.75) is 49.6 Å². The number of hydrogen-bond acceptors (Lipinski definition) is 6. The number of thiazole rings is 1. The third-order valence-electron chi connectivity index (χ3n) is 6.23. The first kappa shape index (κ1) is 25.2. The van der Waals surface area contributed by atoms with Crippen molar-refractivity contribution >= 4 is 43.5 Å². The molecule has 0 N–H and O–H groups in total. The predicted molar refractivity (Wildman–Crippen MR) is 130 cm³/mol. The Labute approximate surface area is 206 Å². The van der Waals surface area contributed by atoms with Crippen molar-refractivity contribution in [1.82, 2.24) is 8.87 Å². The van der Waals surface area contributed by atoms with Crippen LogP contribution in [0.15, 0.2) is 52.4 Å². The third kappa shape index (κ3) is 5.21. The third-order valence-corrected chi connectivity index (χ3v) is 9.20. The SMILES string of the molecule is COC(=O)Cn1c(=NC(=O)c2ccc(S(=O)(=O)N(C)C3CCCCC3)cc2)sc2cccc(F)c21. The summed E-state index contributed by atoms with van der Waals surface area (Å²) < 4.78 is 48.5. The lowest BCUT2D eigenvalue weighted by atomic mass is 9.96. The van der Waals surface area contributed by atoms with Gasteiger partial charge in [0.1, 0.15) is 12.4 Å². The number of amides is 1. The van der Waals surface area contributed by atoms with E-state index in [-0.39, 0.29) is 33.4 Å². The number of esters is 1. The molecule has 1 heterocycles. The van der Waals surface area contributed by atoms with E-state index in [0.29, 0.717) is 4.70 Å². The van der Waals surface area contributed by atoms with Crippen LogP contribution in [0.25, 0.3) is 10.2 Å². The van der Waals surface area contributed by atoms with E-state index in [9.17, 15) is 22.4 Å². The monoisotopic (exact) mass is 519 g/mol. The normalized spacial score (nSPS) is 15.6. The topological polar surface area (TPSA) is 98.0 Å². The lowest BCUT2D eigenvalue weighted by Crippen LogP contribution is -2.38. The summed E-state index contributed by atoms with van der Waals surface area (Å²) in [6.07, 6.45) is 4.82. The zero-order valence-electron chi connectivity index (χ0n) is 19.4. The Morgan fingerprint density at radius 3 is 2.49 bits per heavy atom. The summed E-state index contributed by atoms with van der Waals surface area (Å²) in [4.78, 5) is 29.1. The number of halogens is 1. The minimum Gasteiger partial charge on any atom is -0.468 e. The minimum absolute atomic E-state index is 0.0244. The number of aromatic nitrogens is 1. The van der Waals surface area contributed by atoms with Gasteiger partial charge in [-0.1, -0.05) is 36.7 Å². The summed E-state index contributed by atoms with van der Waals surface area (Å²) in [7, 11) is -0.872. The number of benzene rings is 2. The van der Waals surface area contributed by atoms with Gasteiger partial charge in [-0.2, -0.15) is 9.30 Å². The number of nitrogens with zero attached hydrogens (tertiary/aromatic N) is 3. The van der Waals surface area contributed by atoms with E-state index in [1.165, 1.54) is 52.4 Å². The molecular formula is C24H26FN3O5S2. The first-order valence-corrected chi connectivity index (χ1v) is 13.5. The molecule has 1 aliphatic rings. The molecule has 3 aromatic rings. The van der Waals surface area contributed by atoms with Gasteiger partial charge >= 0.3 is 5.97 Å². The Kier molecular flexibility index (Phi) is 7.48. The van der Waals surface area contributed by atoms with Crippen LogP contribution >= 0.6 is 11.3 Å². The van der Waals surface area contributed by atoms with Gasteiger partial charge in [-0.25, -0.2) is 12.8 Å². The average Bonchev–Trinajstić information content (AvgIpc) is 3.21. The number of para-hydroxylation sites is 1. The number of ether oxygens (including phenoxy) is 1. The lowest BCUT2D eigenvalue weighted by Gasteiger charge is -2.30. The van der Waals surface area contributed by atoms with Crippen molar-refractivity contribution in [3.63, 3.8) is 0 Å². The molecule has 8 nitrogen and oxygen atoms in total. The van der Waals surface area contributed by atoms with Crippen molar-refractivity contribution in [1.29, 1.82) is 0 Å². The van der Waals surface area contributed by atoms with Gasteiger partial charge in [0.15, 0.2) is 4.80 Å². The van der Waals surface area contributed by atoms with Crippen LogP contribution in [0.4, 0.5) is 4.39 Å². The van der Waals surface area contributed by atoms with Gasteiger partial charge in [-0.05, 0) is 49.2 Å². The summed E-state index contributed by atoms with van der Waals surface area (Å²) in [6.45, 7) is -0.311. The first-order valence-electron chi connectivity index (χ1n) is 11.2. The molecule has 1 saturated carbocycles. The predicted octanol–water partition coefficient (Wildman–Crippen LogP) is 3.71. The van der Waals surface area contributed by atoms with E-state index in [2.05, 4.69) is 4.99 Å². The van der Waals surface area contributed by atoms with Crippen LogP contribution in [0.1, 0.15) is 42.5 Å². The summed E-state index contributed by atoms with van der Waals surface area (Å²) in [5.41, 5.74) is 0.327. The number of hydrogen-bond donors (Lipinski definition) is 0. The summed E-state index contributed by atoms with van der Waals surface area (Å²) in [5.74, 6) is -1.80. The van der Waals surface area contributed by atoms with Gasteiger partial charge in [-0.15, -0.1) is 0 Å². The van der Waals surface area contributed by atoms with Crippen LogP contribution in [0.2, 0.25) is 0 Å². The highest BCUT2D eigenvalue weighted by Crippen LogP contribution is 2.27. The molecule has 11 heteroatoms. The number of fused-ring (bicyclic) bond motifs is 1. The van der Waals surface area contributed by atoms with Crippen LogP contribution in [0.5, 0.6) is 0 Å². The molecular weight excluding hydrogens is 493 g/mol. The Morgan fingerprint density at radius 2 is 1.83 bits per heavy atom. The van der Waals surface area contributed by atoms with E-state index in [1.807, 2.05) is 0 Å². The highest BCUT2D eigenvalue weighted by atomic mass is 32.2. The van der Waals surface area contributed by atoms with Crippen molar-refractivity contribution in [3.05, 3.63) is 58.6 Å². The van der Waals surface area contributed by atoms with Crippen LogP contribution in [0, 0.1) is 5.82 Å². The smallest absolute Gasteiger partial charge is 0.325 e. The Hall–Kier alpha value is -2.89.